The summed E-state index contributed by atoms with van der Waals surface area (Å²) in [6.07, 6.45) is 1.61. The molecule has 0 spiro atoms. The summed E-state index contributed by atoms with van der Waals surface area (Å²) in [6.45, 7) is 4.19. The molecule has 0 radical (unpaired) electrons. The van der Waals surface area contributed by atoms with Gasteiger partial charge in [0.25, 0.3) is 11.5 Å². The third-order valence-corrected chi connectivity index (χ3v) is 6.80. The van der Waals surface area contributed by atoms with Crippen molar-refractivity contribution in [1.82, 2.24) is 14.8 Å². The number of methoxy groups -OCH3 is 1. The average molecular weight is 501 g/mol. The molecule has 1 N–H and O–H groups in total. The second-order valence-electron chi connectivity index (χ2n) is 9.00. The van der Waals surface area contributed by atoms with E-state index in [1.165, 1.54) is 10.6 Å². The van der Waals surface area contributed by atoms with Crippen LogP contribution in [-0.2, 0) is 0 Å². The number of benzene rings is 3. The number of hydrogen-bond donors (Lipinski definition) is 1. The fourth-order valence-electron chi connectivity index (χ4n) is 4.75. The van der Waals surface area contributed by atoms with Crippen LogP contribution in [-0.4, -0.2) is 61.8 Å². The molecule has 0 unspecified atom stereocenters. The Morgan fingerprint density at radius 2 is 1.59 bits per heavy atom. The van der Waals surface area contributed by atoms with E-state index < -0.39 is 0 Å². The molecule has 2 heterocycles. The van der Waals surface area contributed by atoms with E-state index >= 15 is 0 Å². The van der Waals surface area contributed by atoms with Gasteiger partial charge in [-0.15, -0.1) is 0 Å². The molecule has 8 heteroatoms. The Balaban J connectivity index is 1.27. The molecule has 1 amide bonds. The first-order valence-electron chi connectivity index (χ1n) is 12.3. The third-order valence-electron chi connectivity index (χ3n) is 6.80. The predicted molar refractivity (Wildman–Crippen MR) is 143 cm³/mol. The maximum Gasteiger partial charge on any atom is 0.262 e. The fourth-order valence-corrected chi connectivity index (χ4v) is 4.75. The Hall–Kier alpha value is -4.17. The van der Waals surface area contributed by atoms with Crippen molar-refractivity contribution in [3.63, 3.8) is 0 Å². The van der Waals surface area contributed by atoms with E-state index in [1.807, 2.05) is 12.1 Å². The molecule has 0 saturated carbocycles. The van der Waals surface area contributed by atoms with Gasteiger partial charge in [0.05, 0.1) is 18.4 Å². The molecule has 1 fully saturated rings. The van der Waals surface area contributed by atoms with Gasteiger partial charge in [-0.2, -0.15) is 0 Å². The van der Waals surface area contributed by atoms with E-state index in [1.54, 1.807) is 67.9 Å². The standard InChI is InChI=1S/C29H29FN4O3/c1-37-22-12-10-21(11-13-22)34-20-25(23-6-2-3-7-24(23)29(34)36)28(35)31-14-15-32-16-18-33(19-17-32)27-9-5-4-8-26(27)30/h2-13,20H,14-19H2,1H3,(H,31,35). The lowest BCUT2D eigenvalue weighted by Crippen LogP contribution is -2.48. The van der Waals surface area contributed by atoms with Crippen LogP contribution in [0.3, 0.4) is 0 Å². The molecular formula is C29H29FN4O3. The zero-order valence-corrected chi connectivity index (χ0v) is 20.7. The van der Waals surface area contributed by atoms with Gasteiger partial charge >= 0.3 is 0 Å². The van der Waals surface area contributed by atoms with E-state index in [0.29, 0.717) is 46.5 Å². The normalized spacial score (nSPS) is 14.1. The van der Waals surface area contributed by atoms with Crippen LogP contribution in [0.5, 0.6) is 5.75 Å². The van der Waals surface area contributed by atoms with Crippen LogP contribution >= 0.6 is 0 Å². The Morgan fingerprint density at radius 3 is 2.30 bits per heavy atom. The number of anilines is 1. The number of para-hydroxylation sites is 1. The first kappa shape index (κ1) is 24.5. The highest BCUT2D eigenvalue weighted by atomic mass is 19.1. The number of piperazine rings is 1. The van der Waals surface area contributed by atoms with Gasteiger partial charge in [0.15, 0.2) is 0 Å². The summed E-state index contributed by atoms with van der Waals surface area (Å²) in [5.74, 6) is 0.250. The lowest BCUT2D eigenvalue weighted by atomic mass is 10.1. The summed E-state index contributed by atoms with van der Waals surface area (Å²) in [4.78, 5) is 30.8. The van der Waals surface area contributed by atoms with Crippen LogP contribution in [0.25, 0.3) is 16.5 Å². The highest BCUT2D eigenvalue weighted by Crippen LogP contribution is 2.21. The Kier molecular flexibility index (Phi) is 7.18. The number of fused-ring (bicyclic) bond motifs is 1. The number of ether oxygens (including phenoxy) is 1. The molecule has 0 bridgehead atoms. The molecule has 4 aromatic rings. The SMILES string of the molecule is COc1ccc(-n2cc(C(=O)NCCN3CCN(c4ccccc4F)CC3)c3ccccc3c2=O)cc1. The molecule has 190 valence electrons. The second kappa shape index (κ2) is 10.8. The van der Waals surface area contributed by atoms with Crippen molar-refractivity contribution >= 4 is 22.4 Å². The first-order chi connectivity index (χ1) is 18.0. The van der Waals surface area contributed by atoms with Crippen molar-refractivity contribution in [1.29, 1.82) is 0 Å². The molecule has 5 rings (SSSR count). The Labute approximate surface area is 214 Å². The summed E-state index contributed by atoms with van der Waals surface area (Å²) in [6, 6.07) is 21.1. The number of nitrogens with one attached hydrogen (secondary N) is 1. The van der Waals surface area contributed by atoms with Crippen LogP contribution < -0.4 is 20.5 Å². The molecule has 0 atom stereocenters. The minimum atomic E-state index is -0.233. The summed E-state index contributed by atoms with van der Waals surface area (Å²) >= 11 is 0. The van der Waals surface area contributed by atoms with Crippen molar-refractivity contribution in [2.24, 2.45) is 0 Å². The summed E-state index contributed by atoms with van der Waals surface area (Å²) in [5.41, 5.74) is 1.54. The lowest BCUT2D eigenvalue weighted by Gasteiger charge is -2.36. The van der Waals surface area contributed by atoms with Crippen molar-refractivity contribution in [3.8, 4) is 11.4 Å². The van der Waals surface area contributed by atoms with Gasteiger partial charge < -0.3 is 15.0 Å². The summed E-state index contributed by atoms with van der Waals surface area (Å²) < 4.78 is 20.8. The number of halogens is 1. The zero-order valence-electron chi connectivity index (χ0n) is 20.7. The molecule has 1 saturated heterocycles. The molecule has 1 aliphatic rings. The van der Waals surface area contributed by atoms with Gasteiger partial charge in [0.2, 0.25) is 0 Å². The Bertz CT molecular complexity index is 1460. The summed E-state index contributed by atoms with van der Waals surface area (Å²) in [5, 5.41) is 4.12. The quantitative estimate of drug-likeness (QED) is 0.419. The fraction of sp³-hybridized carbons (Fsp3) is 0.241. The number of nitrogens with zero attached hydrogens (tertiary/aromatic N) is 3. The highest BCUT2D eigenvalue weighted by molar-refractivity contribution is 6.06. The molecule has 37 heavy (non-hydrogen) atoms. The van der Waals surface area contributed by atoms with Crippen molar-refractivity contribution < 1.29 is 13.9 Å². The third kappa shape index (κ3) is 5.20. The monoisotopic (exact) mass is 500 g/mol. The molecule has 0 aliphatic carbocycles. The topological polar surface area (TPSA) is 66.8 Å². The van der Waals surface area contributed by atoms with E-state index in [0.717, 1.165) is 26.2 Å². The number of aromatic nitrogens is 1. The smallest absolute Gasteiger partial charge is 0.262 e. The largest absolute Gasteiger partial charge is 0.497 e. The van der Waals surface area contributed by atoms with Crippen molar-refractivity contribution in [2.45, 2.75) is 0 Å². The average Bonchev–Trinajstić information content (AvgIpc) is 2.94. The highest BCUT2D eigenvalue weighted by Gasteiger charge is 2.20. The molecular weight excluding hydrogens is 471 g/mol. The maximum absolute atomic E-state index is 14.1. The number of hydrogen-bond acceptors (Lipinski definition) is 5. The number of carbonyl (C=O) groups is 1. The molecule has 1 aromatic heterocycles. The first-order valence-corrected chi connectivity index (χ1v) is 12.3. The minimum absolute atomic E-state index is 0.190. The van der Waals surface area contributed by atoms with Gasteiger partial charge in [0, 0.05) is 61.9 Å². The molecule has 3 aromatic carbocycles. The van der Waals surface area contributed by atoms with Gasteiger partial charge in [-0.25, -0.2) is 4.39 Å². The van der Waals surface area contributed by atoms with Crippen LogP contribution in [0.2, 0.25) is 0 Å². The van der Waals surface area contributed by atoms with Gasteiger partial charge in [-0.3, -0.25) is 19.1 Å². The van der Waals surface area contributed by atoms with Gasteiger partial charge in [-0.1, -0.05) is 30.3 Å². The van der Waals surface area contributed by atoms with Gasteiger partial charge in [-0.05, 0) is 42.5 Å². The Morgan fingerprint density at radius 1 is 0.919 bits per heavy atom. The van der Waals surface area contributed by atoms with Crippen molar-refractivity contribution in [3.05, 3.63) is 101 Å². The van der Waals surface area contributed by atoms with E-state index in [9.17, 15) is 14.0 Å². The van der Waals surface area contributed by atoms with E-state index in [-0.39, 0.29) is 17.3 Å². The zero-order chi connectivity index (χ0) is 25.8. The summed E-state index contributed by atoms with van der Waals surface area (Å²) in [7, 11) is 1.59. The minimum Gasteiger partial charge on any atom is -0.497 e. The van der Waals surface area contributed by atoms with E-state index in [4.69, 9.17) is 4.74 Å². The van der Waals surface area contributed by atoms with Crippen LogP contribution in [0.15, 0.2) is 83.8 Å². The lowest BCUT2D eigenvalue weighted by molar-refractivity contribution is 0.0949. The van der Waals surface area contributed by atoms with Gasteiger partial charge in [0.1, 0.15) is 11.6 Å². The van der Waals surface area contributed by atoms with Crippen LogP contribution in [0, 0.1) is 5.82 Å². The van der Waals surface area contributed by atoms with Crippen LogP contribution in [0.1, 0.15) is 10.4 Å². The molecule has 1 aliphatic heterocycles. The number of rotatable bonds is 7. The number of amides is 1. The van der Waals surface area contributed by atoms with Crippen LogP contribution in [0.4, 0.5) is 10.1 Å². The molecule has 7 nitrogen and oxygen atoms in total. The predicted octanol–water partition coefficient (Wildman–Crippen LogP) is 3.69. The number of carbonyl (C=O) groups excluding carboxylic acids is 1. The number of pyridine rings is 1. The van der Waals surface area contributed by atoms with E-state index in [2.05, 4.69) is 15.1 Å². The maximum atomic E-state index is 14.1. The van der Waals surface area contributed by atoms with Crippen molar-refractivity contribution in [2.75, 3.05) is 51.3 Å². The second-order valence-corrected chi connectivity index (χ2v) is 9.00.